The number of carbonyl (C=O) groups excluding carboxylic acids is 4. The van der Waals surface area contributed by atoms with Crippen LogP contribution in [0.2, 0.25) is 0 Å². The van der Waals surface area contributed by atoms with Crippen molar-refractivity contribution in [1.29, 1.82) is 0 Å². The first-order valence-electron chi connectivity index (χ1n) is 44.0. The molecule has 0 radical (unpaired) electrons. The molecule has 5 atom stereocenters. The summed E-state index contributed by atoms with van der Waals surface area (Å²) in [6.45, 7) is 9.62. The van der Waals surface area contributed by atoms with E-state index < -0.39 is 97.5 Å². The summed E-state index contributed by atoms with van der Waals surface area (Å²) in [5, 5.41) is 10.6. The van der Waals surface area contributed by atoms with Crippen LogP contribution in [0, 0.1) is 11.8 Å². The highest BCUT2D eigenvalue weighted by atomic mass is 31.2. The van der Waals surface area contributed by atoms with Gasteiger partial charge in [0.05, 0.1) is 26.4 Å². The van der Waals surface area contributed by atoms with Crippen LogP contribution in [-0.4, -0.2) is 96.7 Å². The molecule has 0 saturated heterocycles. The molecule has 0 rings (SSSR count). The zero-order valence-corrected chi connectivity index (χ0v) is 70.1. The number of rotatable bonds is 84. The van der Waals surface area contributed by atoms with Crippen molar-refractivity contribution in [2.75, 3.05) is 39.6 Å². The summed E-state index contributed by atoms with van der Waals surface area (Å²) in [6, 6.07) is 0. The molecule has 17 nitrogen and oxygen atoms in total. The molecule has 3 N–H and O–H groups in total. The lowest BCUT2D eigenvalue weighted by molar-refractivity contribution is -0.161. The minimum Gasteiger partial charge on any atom is -0.462 e. The van der Waals surface area contributed by atoms with Gasteiger partial charge in [0, 0.05) is 25.7 Å². The topological polar surface area (TPSA) is 237 Å². The highest BCUT2D eigenvalue weighted by Crippen LogP contribution is 2.45. The molecule has 0 saturated carbocycles. The monoisotopic (exact) mass is 1520 g/mol. The van der Waals surface area contributed by atoms with Crippen LogP contribution in [-0.2, 0) is 65.4 Å². The van der Waals surface area contributed by atoms with E-state index in [0.717, 1.165) is 108 Å². The summed E-state index contributed by atoms with van der Waals surface area (Å²) in [4.78, 5) is 72.8. The molecule has 0 bridgehead atoms. The van der Waals surface area contributed by atoms with Crippen LogP contribution in [0.1, 0.15) is 452 Å². The van der Waals surface area contributed by atoms with Gasteiger partial charge in [0.2, 0.25) is 0 Å². The van der Waals surface area contributed by atoms with E-state index in [1.807, 2.05) is 0 Å². The summed E-state index contributed by atoms with van der Waals surface area (Å²) in [5.74, 6) is -0.507. The molecule has 0 aliphatic heterocycles. The van der Waals surface area contributed by atoms with Crippen LogP contribution in [0.15, 0.2) is 0 Å². The van der Waals surface area contributed by atoms with Crippen molar-refractivity contribution in [3.8, 4) is 0 Å². The predicted octanol–water partition coefficient (Wildman–Crippen LogP) is 25.8. The standard InChI is InChI=1S/C85H166O17P2/c1-7-9-11-13-14-15-16-17-18-19-20-21-22-23-28-31-36-41-46-51-57-63-70-85(90)102-81(74-96-83(88)68-62-56-50-45-40-35-30-27-25-24-26-29-33-38-43-48-54-59-65-77(3)4)76-100-104(93,94)98-72-79(86)71-97-103(91,92)99-75-80(73-95-82(87)67-61-53-12-10-8-2)101-84(89)69-64-58-52-47-42-37-32-34-39-44-49-55-60-66-78(5)6/h77-81,86H,7-76H2,1-6H3,(H,91,92)(H,93,94)/t79-,80+,81+/m0/s1. The van der Waals surface area contributed by atoms with E-state index in [2.05, 4.69) is 41.5 Å². The van der Waals surface area contributed by atoms with Gasteiger partial charge in [-0.1, -0.05) is 401 Å². The Hall–Kier alpha value is -1.94. The Morgan fingerprint density at radius 2 is 0.442 bits per heavy atom. The second kappa shape index (κ2) is 76.4. The number of aliphatic hydroxyl groups is 1. The molecule has 19 heteroatoms. The molecule has 0 spiro atoms. The fourth-order valence-electron chi connectivity index (χ4n) is 13.2. The second-order valence-corrected chi connectivity index (χ2v) is 34.4. The van der Waals surface area contributed by atoms with E-state index in [4.69, 9.17) is 37.0 Å². The largest absolute Gasteiger partial charge is 0.472 e. The lowest BCUT2D eigenvalue weighted by atomic mass is 10.0. The number of hydrogen-bond acceptors (Lipinski definition) is 15. The van der Waals surface area contributed by atoms with Crippen molar-refractivity contribution in [2.24, 2.45) is 11.8 Å². The van der Waals surface area contributed by atoms with Crippen LogP contribution in [0.4, 0.5) is 0 Å². The predicted molar refractivity (Wildman–Crippen MR) is 428 cm³/mol. The smallest absolute Gasteiger partial charge is 0.462 e. The summed E-state index contributed by atoms with van der Waals surface area (Å²) < 4.78 is 68.6. The maximum atomic E-state index is 13.1. The van der Waals surface area contributed by atoms with Gasteiger partial charge in [-0.15, -0.1) is 0 Å². The number of hydrogen-bond donors (Lipinski definition) is 3. The number of phosphoric ester groups is 2. The molecule has 0 aliphatic carbocycles. The molecule has 0 aromatic carbocycles. The van der Waals surface area contributed by atoms with Crippen LogP contribution in [0.25, 0.3) is 0 Å². The van der Waals surface area contributed by atoms with Gasteiger partial charge in [0.25, 0.3) is 0 Å². The van der Waals surface area contributed by atoms with Crippen LogP contribution < -0.4 is 0 Å². The van der Waals surface area contributed by atoms with Gasteiger partial charge in [-0.3, -0.25) is 37.3 Å². The first kappa shape index (κ1) is 102. The summed E-state index contributed by atoms with van der Waals surface area (Å²) >= 11 is 0. The Labute approximate surface area is 638 Å². The van der Waals surface area contributed by atoms with Gasteiger partial charge in [0.15, 0.2) is 12.2 Å². The van der Waals surface area contributed by atoms with Crippen molar-refractivity contribution in [3.05, 3.63) is 0 Å². The van der Waals surface area contributed by atoms with Gasteiger partial charge < -0.3 is 33.8 Å². The van der Waals surface area contributed by atoms with E-state index in [1.165, 1.54) is 263 Å². The Morgan fingerprint density at radius 3 is 0.654 bits per heavy atom. The van der Waals surface area contributed by atoms with Crippen molar-refractivity contribution >= 4 is 39.5 Å². The van der Waals surface area contributed by atoms with Crippen molar-refractivity contribution < 1.29 is 80.2 Å². The van der Waals surface area contributed by atoms with Crippen LogP contribution in [0.5, 0.6) is 0 Å². The summed E-state index contributed by atoms with van der Waals surface area (Å²) in [7, 11) is -9.91. The molecule has 0 aliphatic rings. The van der Waals surface area contributed by atoms with Crippen LogP contribution >= 0.6 is 15.6 Å². The van der Waals surface area contributed by atoms with Gasteiger partial charge in [-0.05, 0) is 37.5 Å². The van der Waals surface area contributed by atoms with E-state index in [9.17, 15) is 43.2 Å². The third-order valence-electron chi connectivity index (χ3n) is 20.0. The van der Waals surface area contributed by atoms with E-state index in [0.29, 0.717) is 25.7 Å². The SMILES string of the molecule is CCCCCCCCCCCCCCCCCCCCCCCCC(=O)O[C@H](COC(=O)CCCCCCCCCCCCCCCCCCCCC(C)C)COP(=O)(O)OC[C@@H](O)COP(=O)(O)OC[C@@H](COC(=O)CCCCCCC)OC(=O)CCCCCCCCCCCCCCCC(C)C. The van der Waals surface area contributed by atoms with Gasteiger partial charge in [-0.2, -0.15) is 0 Å². The number of ether oxygens (including phenoxy) is 4. The average molecular weight is 1520 g/mol. The van der Waals surface area contributed by atoms with Crippen LogP contribution in [0.3, 0.4) is 0 Å². The third-order valence-corrected chi connectivity index (χ3v) is 21.9. The van der Waals surface area contributed by atoms with Crippen molar-refractivity contribution in [2.45, 2.75) is 471 Å². The second-order valence-electron chi connectivity index (χ2n) is 31.5. The number of esters is 4. The maximum absolute atomic E-state index is 13.1. The third kappa shape index (κ3) is 78.2. The first-order valence-corrected chi connectivity index (χ1v) is 47.0. The van der Waals surface area contributed by atoms with Crippen molar-refractivity contribution in [1.82, 2.24) is 0 Å². The van der Waals surface area contributed by atoms with Gasteiger partial charge in [0.1, 0.15) is 19.3 Å². The Bertz CT molecular complexity index is 1990. The maximum Gasteiger partial charge on any atom is 0.472 e. The summed E-state index contributed by atoms with van der Waals surface area (Å²) in [5.41, 5.74) is 0. The molecule has 0 aromatic heterocycles. The zero-order chi connectivity index (χ0) is 76.4. The quantitative estimate of drug-likeness (QED) is 0.0222. The van der Waals surface area contributed by atoms with Gasteiger partial charge >= 0.3 is 39.5 Å². The highest BCUT2D eigenvalue weighted by Gasteiger charge is 2.30. The highest BCUT2D eigenvalue weighted by molar-refractivity contribution is 7.47. The molecular weight excluding hydrogens is 1350 g/mol. The molecule has 104 heavy (non-hydrogen) atoms. The molecule has 0 amide bonds. The van der Waals surface area contributed by atoms with E-state index >= 15 is 0 Å². The van der Waals surface area contributed by atoms with Crippen molar-refractivity contribution in [3.63, 3.8) is 0 Å². The Kier molecular flexibility index (Phi) is 75.0. The number of phosphoric acid groups is 2. The number of carbonyl (C=O) groups is 4. The lowest BCUT2D eigenvalue weighted by Gasteiger charge is -2.21. The Balaban J connectivity index is 5.10. The normalized spacial score (nSPS) is 13.8. The average Bonchev–Trinajstić information content (AvgIpc) is 0.905. The fourth-order valence-corrected chi connectivity index (χ4v) is 14.8. The minimum absolute atomic E-state index is 0.107. The Morgan fingerprint density at radius 1 is 0.260 bits per heavy atom. The summed E-state index contributed by atoms with van der Waals surface area (Å²) in [6.07, 6.45) is 68.7. The molecule has 618 valence electrons. The number of aliphatic hydroxyl groups excluding tert-OH is 1. The molecule has 0 fully saturated rings. The molecule has 0 aromatic rings. The number of unbranched alkanes of at least 4 members (excludes halogenated alkanes) is 54. The van der Waals surface area contributed by atoms with E-state index in [1.54, 1.807) is 0 Å². The van der Waals surface area contributed by atoms with Gasteiger partial charge in [-0.25, -0.2) is 9.13 Å². The fraction of sp³-hybridized carbons (Fsp3) is 0.953. The first-order chi connectivity index (χ1) is 50.4. The zero-order valence-electron chi connectivity index (χ0n) is 68.3. The minimum atomic E-state index is -4.96. The molecular formula is C85H166O17P2. The molecule has 2 unspecified atom stereocenters. The lowest BCUT2D eigenvalue weighted by Crippen LogP contribution is -2.30. The van der Waals surface area contributed by atoms with E-state index in [-0.39, 0.29) is 25.7 Å². The molecule has 0 heterocycles.